The van der Waals surface area contributed by atoms with Crippen molar-refractivity contribution in [2.75, 3.05) is 20.2 Å². The van der Waals surface area contributed by atoms with Crippen molar-refractivity contribution in [1.29, 1.82) is 0 Å². The lowest BCUT2D eigenvalue weighted by Gasteiger charge is -2.57. The number of methoxy groups -OCH3 is 1. The summed E-state index contributed by atoms with van der Waals surface area (Å²) in [5, 5.41) is 8.70. The van der Waals surface area contributed by atoms with Crippen LogP contribution >= 0.6 is 0 Å². The maximum atomic E-state index is 11.0. The first-order chi connectivity index (χ1) is 6.56. The van der Waals surface area contributed by atoms with Crippen LogP contribution < -0.4 is 0 Å². The molecular weight excluding hydrogens is 186 g/mol. The second kappa shape index (κ2) is 2.87. The second-order valence-electron chi connectivity index (χ2n) is 4.27. The second-order valence-corrected chi connectivity index (χ2v) is 4.27. The molecule has 1 heterocycles. The van der Waals surface area contributed by atoms with Crippen molar-refractivity contribution in [3.05, 3.63) is 0 Å². The Morgan fingerprint density at radius 1 is 1.43 bits per heavy atom. The fourth-order valence-electron chi connectivity index (χ4n) is 2.44. The number of ether oxygens (including phenoxy) is 1. The van der Waals surface area contributed by atoms with Crippen LogP contribution in [-0.4, -0.2) is 42.3 Å². The summed E-state index contributed by atoms with van der Waals surface area (Å²) in [6.07, 6.45) is 1.10. The number of nitrogens with zero attached hydrogens (tertiary/aromatic N) is 1. The third-order valence-electron chi connectivity index (χ3n) is 3.19. The number of aliphatic carboxylic acids is 1. The molecule has 0 aromatic heterocycles. The maximum absolute atomic E-state index is 11.0. The zero-order chi connectivity index (χ0) is 10.3. The Morgan fingerprint density at radius 2 is 2.00 bits per heavy atom. The van der Waals surface area contributed by atoms with Crippen LogP contribution in [0.15, 0.2) is 0 Å². The molecule has 5 nitrogen and oxygen atoms in total. The van der Waals surface area contributed by atoms with E-state index in [1.165, 1.54) is 7.11 Å². The fourth-order valence-corrected chi connectivity index (χ4v) is 2.44. The van der Waals surface area contributed by atoms with Crippen LogP contribution in [0.1, 0.15) is 12.8 Å². The predicted molar refractivity (Wildman–Crippen MR) is 46.8 cm³/mol. The lowest BCUT2D eigenvalue weighted by molar-refractivity contribution is -0.158. The number of likely N-dealkylation sites (tertiary alicyclic amines) is 1. The van der Waals surface area contributed by atoms with Crippen molar-refractivity contribution in [2.24, 2.45) is 11.3 Å². The Hall–Kier alpha value is -1.26. The fraction of sp³-hybridized carbons (Fsp3) is 0.778. The Labute approximate surface area is 81.6 Å². The molecule has 0 radical (unpaired) electrons. The van der Waals surface area contributed by atoms with E-state index in [1.807, 2.05) is 0 Å². The van der Waals surface area contributed by atoms with Crippen LogP contribution in [0.5, 0.6) is 0 Å². The third-order valence-corrected chi connectivity index (χ3v) is 3.19. The van der Waals surface area contributed by atoms with Crippen LogP contribution in [-0.2, 0) is 9.53 Å². The number of carboxylic acids is 1. The molecular formula is C9H13NO4. The van der Waals surface area contributed by atoms with Gasteiger partial charge in [-0.2, -0.15) is 0 Å². The van der Waals surface area contributed by atoms with Gasteiger partial charge in [-0.1, -0.05) is 0 Å². The van der Waals surface area contributed by atoms with Gasteiger partial charge in [0.1, 0.15) is 0 Å². The minimum absolute atomic E-state index is 0.0945. The van der Waals surface area contributed by atoms with E-state index in [2.05, 4.69) is 4.74 Å². The summed E-state index contributed by atoms with van der Waals surface area (Å²) < 4.78 is 4.56. The summed E-state index contributed by atoms with van der Waals surface area (Å²) in [6, 6.07) is 0. The van der Waals surface area contributed by atoms with E-state index in [0.29, 0.717) is 25.9 Å². The molecule has 0 bridgehead atoms. The minimum Gasteiger partial charge on any atom is -0.481 e. The Kier molecular flexibility index (Phi) is 1.90. The van der Waals surface area contributed by atoms with Crippen molar-refractivity contribution in [3.8, 4) is 0 Å². The number of hydrogen-bond donors (Lipinski definition) is 1. The molecule has 1 amide bonds. The van der Waals surface area contributed by atoms with Crippen LogP contribution in [0, 0.1) is 11.3 Å². The summed E-state index contributed by atoms with van der Waals surface area (Å²) >= 11 is 0. The van der Waals surface area contributed by atoms with E-state index < -0.39 is 5.97 Å². The first kappa shape index (κ1) is 9.30. The van der Waals surface area contributed by atoms with E-state index in [0.717, 1.165) is 0 Å². The smallest absolute Gasteiger partial charge is 0.409 e. The lowest BCUT2D eigenvalue weighted by Crippen LogP contribution is -2.64. The third kappa shape index (κ3) is 1.23. The highest BCUT2D eigenvalue weighted by atomic mass is 16.5. The van der Waals surface area contributed by atoms with Crippen LogP contribution in [0.3, 0.4) is 0 Å². The number of hydrogen-bond acceptors (Lipinski definition) is 3. The molecule has 0 aromatic rings. The van der Waals surface area contributed by atoms with Gasteiger partial charge in [0.2, 0.25) is 0 Å². The van der Waals surface area contributed by atoms with Crippen molar-refractivity contribution in [2.45, 2.75) is 12.8 Å². The summed E-state index contributed by atoms with van der Waals surface area (Å²) in [4.78, 5) is 23.2. The minimum atomic E-state index is -0.716. The largest absolute Gasteiger partial charge is 0.481 e. The molecule has 1 N–H and O–H groups in total. The van der Waals surface area contributed by atoms with E-state index in [-0.39, 0.29) is 17.4 Å². The molecule has 1 saturated heterocycles. The average Bonchev–Trinajstić information content (AvgIpc) is 1.98. The first-order valence-electron chi connectivity index (χ1n) is 4.62. The van der Waals surface area contributed by atoms with Crippen LogP contribution in [0.25, 0.3) is 0 Å². The standard InChI is InChI=1S/C9H13NO4/c1-14-8(13)10-4-9(5-10)2-6(3-9)7(11)12/h6H,2-5H2,1H3,(H,11,12). The van der Waals surface area contributed by atoms with Crippen molar-refractivity contribution < 1.29 is 19.4 Å². The number of carbonyl (C=O) groups excluding carboxylic acids is 1. The zero-order valence-electron chi connectivity index (χ0n) is 8.02. The van der Waals surface area contributed by atoms with Gasteiger partial charge in [-0.05, 0) is 12.8 Å². The quantitative estimate of drug-likeness (QED) is 0.669. The van der Waals surface area contributed by atoms with Gasteiger partial charge < -0.3 is 14.7 Å². The first-order valence-corrected chi connectivity index (χ1v) is 4.62. The van der Waals surface area contributed by atoms with Gasteiger partial charge in [-0.3, -0.25) is 4.79 Å². The molecule has 2 fully saturated rings. The molecule has 1 aliphatic heterocycles. The van der Waals surface area contributed by atoms with E-state index >= 15 is 0 Å². The predicted octanol–water partition coefficient (Wildman–Crippen LogP) is 0.549. The van der Waals surface area contributed by atoms with Crippen molar-refractivity contribution in [3.63, 3.8) is 0 Å². The number of amides is 1. The number of rotatable bonds is 1. The highest BCUT2D eigenvalue weighted by molar-refractivity contribution is 5.73. The normalized spacial score (nSPS) is 23.9. The molecule has 5 heteroatoms. The number of carboxylic acid groups (broad SMARTS) is 1. The Bertz CT molecular complexity index is 275. The van der Waals surface area contributed by atoms with Gasteiger partial charge in [0.25, 0.3) is 0 Å². The lowest BCUT2D eigenvalue weighted by atomic mass is 9.58. The monoisotopic (exact) mass is 199 g/mol. The van der Waals surface area contributed by atoms with Crippen molar-refractivity contribution in [1.82, 2.24) is 4.90 Å². The molecule has 1 spiro atoms. The molecule has 0 unspecified atom stereocenters. The molecule has 2 rings (SSSR count). The molecule has 0 atom stereocenters. The van der Waals surface area contributed by atoms with E-state index in [4.69, 9.17) is 5.11 Å². The SMILES string of the molecule is COC(=O)N1CC2(CC(C(=O)O)C2)C1. The van der Waals surface area contributed by atoms with Gasteiger partial charge in [0.15, 0.2) is 0 Å². The topological polar surface area (TPSA) is 66.8 Å². The maximum Gasteiger partial charge on any atom is 0.409 e. The summed E-state index contributed by atoms with van der Waals surface area (Å²) in [5.74, 6) is -0.915. The summed E-state index contributed by atoms with van der Waals surface area (Å²) in [7, 11) is 1.36. The van der Waals surface area contributed by atoms with Crippen LogP contribution in [0.4, 0.5) is 4.79 Å². The van der Waals surface area contributed by atoms with Crippen LogP contribution in [0.2, 0.25) is 0 Å². The zero-order valence-corrected chi connectivity index (χ0v) is 8.02. The Morgan fingerprint density at radius 3 is 2.43 bits per heavy atom. The summed E-state index contributed by atoms with van der Waals surface area (Å²) in [5.41, 5.74) is 0.0945. The van der Waals surface area contributed by atoms with Gasteiger partial charge in [0, 0.05) is 18.5 Å². The molecule has 1 saturated carbocycles. The highest BCUT2D eigenvalue weighted by Gasteiger charge is 2.55. The van der Waals surface area contributed by atoms with Gasteiger partial charge in [-0.25, -0.2) is 4.79 Å². The molecule has 0 aromatic carbocycles. The highest BCUT2D eigenvalue weighted by Crippen LogP contribution is 2.51. The van der Waals surface area contributed by atoms with Gasteiger partial charge in [-0.15, -0.1) is 0 Å². The number of carbonyl (C=O) groups is 2. The molecule has 14 heavy (non-hydrogen) atoms. The molecule has 78 valence electrons. The van der Waals surface area contributed by atoms with E-state index in [9.17, 15) is 9.59 Å². The van der Waals surface area contributed by atoms with Gasteiger partial charge >= 0.3 is 12.1 Å². The van der Waals surface area contributed by atoms with E-state index in [1.54, 1.807) is 4.90 Å². The van der Waals surface area contributed by atoms with Gasteiger partial charge in [0.05, 0.1) is 13.0 Å². The molecule has 1 aliphatic carbocycles. The van der Waals surface area contributed by atoms with Crippen molar-refractivity contribution >= 4 is 12.1 Å². The Balaban J connectivity index is 1.79. The summed E-state index contributed by atoms with van der Waals surface area (Å²) in [6.45, 7) is 1.31. The molecule has 2 aliphatic rings. The average molecular weight is 199 g/mol.